The Hall–Kier alpha value is -2.06. The lowest BCUT2D eigenvalue weighted by Crippen LogP contribution is -2.26. The molecule has 0 aromatic heterocycles. The number of nitrogens with zero attached hydrogens (tertiary/aromatic N) is 1. The van der Waals surface area contributed by atoms with Crippen LogP contribution >= 0.6 is 31.9 Å². The molecule has 0 aliphatic heterocycles. The highest BCUT2D eigenvalue weighted by atomic mass is 79.9. The van der Waals surface area contributed by atoms with Crippen LogP contribution in [0, 0.1) is 0 Å². The molecule has 8 heteroatoms. The van der Waals surface area contributed by atoms with Crippen molar-refractivity contribution in [3.05, 3.63) is 50.9 Å². The van der Waals surface area contributed by atoms with Crippen molar-refractivity contribution in [2.45, 2.75) is 0 Å². The maximum atomic E-state index is 11.8. The Morgan fingerprint density at radius 2 is 2.04 bits per heavy atom. The van der Waals surface area contributed by atoms with E-state index < -0.39 is 0 Å². The van der Waals surface area contributed by atoms with E-state index in [0.29, 0.717) is 15.8 Å². The zero-order valence-corrected chi connectivity index (χ0v) is 15.9. The molecule has 1 amide bonds. The number of aromatic hydroxyl groups is 1. The minimum Gasteiger partial charge on any atom is -0.507 e. The summed E-state index contributed by atoms with van der Waals surface area (Å²) in [5.74, 6) is 0.432. The first kappa shape index (κ1) is 18.3. The summed E-state index contributed by atoms with van der Waals surface area (Å²) in [7, 11) is 1.57. The first-order chi connectivity index (χ1) is 11.5. The van der Waals surface area contributed by atoms with Crippen LogP contribution in [0.25, 0.3) is 0 Å². The van der Waals surface area contributed by atoms with Gasteiger partial charge >= 0.3 is 0 Å². The van der Waals surface area contributed by atoms with E-state index in [4.69, 9.17) is 4.74 Å². The predicted octanol–water partition coefficient (Wildman–Crippen LogP) is 3.49. The molecular weight excluding hydrogens is 442 g/mol. The molecule has 126 valence electrons. The van der Waals surface area contributed by atoms with Gasteiger partial charge in [0.1, 0.15) is 11.5 Å². The summed E-state index contributed by atoms with van der Waals surface area (Å²) in [6.45, 7) is 0.0461. The van der Waals surface area contributed by atoms with E-state index in [2.05, 4.69) is 47.7 Å². The second kappa shape index (κ2) is 8.70. The molecule has 3 N–H and O–H groups in total. The number of amides is 1. The van der Waals surface area contributed by atoms with E-state index in [1.54, 1.807) is 19.2 Å². The molecular formula is C16H15Br2N3O3. The van der Waals surface area contributed by atoms with Gasteiger partial charge < -0.3 is 15.2 Å². The lowest BCUT2D eigenvalue weighted by Gasteiger charge is -2.09. The van der Waals surface area contributed by atoms with Gasteiger partial charge in [0.25, 0.3) is 5.91 Å². The third-order valence-corrected chi connectivity index (χ3v) is 4.33. The van der Waals surface area contributed by atoms with Crippen molar-refractivity contribution in [3.8, 4) is 11.5 Å². The number of carbonyl (C=O) groups is 1. The fourth-order valence-corrected chi connectivity index (χ4v) is 2.93. The van der Waals surface area contributed by atoms with Crippen LogP contribution in [0.3, 0.4) is 0 Å². The molecule has 0 atom stereocenters. The van der Waals surface area contributed by atoms with E-state index in [9.17, 15) is 9.90 Å². The topological polar surface area (TPSA) is 83.0 Å². The maximum Gasteiger partial charge on any atom is 0.259 e. The number of hydrogen-bond donors (Lipinski definition) is 3. The molecule has 0 fully saturated rings. The van der Waals surface area contributed by atoms with Gasteiger partial charge in [-0.05, 0) is 40.2 Å². The second-order valence-electron chi connectivity index (χ2n) is 4.67. The minimum absolute atomic E-state index is 0.0461. The standard InChI is InChI=1S/C16H15Br2N3O3/c1-24-15-5-3-2-4-13(15)19-9-16(23)21-20-8-10-6-14(22)12(18)7-11(10)17/h2-8,19,22H,9H2,1H3,(H,21,23)/b20-8-. The Kier molecular flexibility index (Phi) is 6.62. The number of halogens is 2. The number of methoxy groups -OCH3 is 1. The molecule has 0 heterocycles. The summed E-state index contributed by atoms with van der Waals surface area (Å²) < 4.78 is 6.49. The van der Waals surface area contributed by atoms with Gasteiger partial charge in [0, 0.05) is 10.0 Å². The van der Waals surface area contributed by atoms with E-state index >= 15 is 0 Å². The highest BCUT2D eigenvalue weighted by Crippen LogP contribution is 2.29. The van der Waals surface area contributed by atoms with E-state index in [1.165, 1.54) is 12.3 Å². The number of phenols is 1. The predicted molar refractivity (Wildman–Crippen MR) is 101 cm³/mol. The third-order valence-electron chi connectivity index (χ3n) is 3.01. The van der Waals surface area contributed by atoms with Gasteiger partial charge in [0.05, 0.1) is 30.0 Å². The van der Waals surface area contributed by atoms with Crippen molar-refractivity contribution in [2.75, 3.05) is 19.0 Å². The number of hydrogen-bond acceptors (Lipinski definition) is 5. The van der Waals surface area contributed by atoms with Gasteiger partial charge in [-0.2, -0.15) is 5.10 Å². The Labute approximate surface area is 156 Å². The number of ether oxygens (including phenoxy) is 1. The van der Waals surface area contributed by atoms with Crippen molar-refractivity contribution in [1.29, 1.82) is 0 Å². The van der Waals surface area contributed by atoms with Gasteiger partial charge in [-0.1, -0.05) is 28.1 Å². The zero-order valence-electron chi connectivity index (χ0n) is 12.7. The Morgan fingerprint density at radius 3 is 2.79 bits per heavy atom. The van der Waals surface area contributed by atoms with Crippen LogP contribution in [0.4, 0.5) is 5.69 Å². The normalized spacial score (nSPS) is 10.6. The monoisotopic (exact) mass is 455 g/mol. The summed E-state index contributed by atoms with van der Waals surface area (Å²) in [5, 5.41) is 16.5. The molecule has 24 heavy (non-hydrogen) atoms. The zero-order chi connectivity index (χ0) is 17.5. The molecule has 0 saturated carbocycles. The highest BCUT2D eigenvalue weighted by molar-refractivity contribution is 9.11. The summed E-state index contributed by atoms with van der Waals surface area (Å²) in [4.78, 5) is 11.8. The lowest BCUT2D eigenvalue weighted by atomic mass is 10.2. The number of rotatable bonds is 6. The molecule has 0 saturated heterocycles. The summed E-state index contributed by atoms with van der Waals surface area (Å²) in [6, 6.07) is 10.5. The third kappa shape index (κ3) is 4.97. The van der Waals surface area contributed by atoms with Gasteiger partial charge in [-0.3, -0.25) is 4.79 Å². The average Bonchev–Trinajstić information content (AvgIpc) is 2.57. The number of phenolic OH excluding ortho intramolecular Hbond substituents is 1. The fraction of sp³-hybridized carbons (Fsp3) is 0.125. The van der Waals surface area contributed by atoms with E-state index in [0.717, 1.165) is 10.2 Å². The number of hydrazone groups is 1. The first-order valence-electron chi connectivity index (χ1n) is 6.88. The molecule has 0 aliphatic rings. The maximum absolute atomic E-state index is 11.8. The molecule has 2 aromatic carbocycles. The van der Waals surface area contributed by atoms with Gasteiger partial charge in [-0.25, -0.2) is 5.43 Å². The molecule has 0 aliphatic carbocycles. The van der Waals surface area contributed by atoms with Crippen molar-refractivity contribution in [1.82, 2.24) is 5.43 Å². The summed E-state index contributed by atoms with van der Waals surface area (Å²) >= 11 is 6.57. The molecule has 0 radical (unpaired) electrons. The molecule has 0 unspecified atom stereocenters. The largest absolute Gasteiger partial charge is 0.507 e. The number of nitrogens with one attached hydrogen (secondary N) is 2. The Bertz CT molecular complexity index is 766. The van der Waals surface area contributed by atoms with E-state index in [-0.39, 0.29) is 18.2 Å². The summed E-state index contributed by atoms with van der Waals surface area (Å²) in [5.41, 5.74) is 3.77. The molecule has 0 bridgehead atoms. The highest BCUT2D eigenvalue weighted by Gasteiger charge is 2.05. The van der Waals surface area contributed by atoms with Crippen LogP contribution in [-0.4, -0.2) is 30.9 Å². The van der Waals surface area contributed by atoms with Gasteiger partial charge in [0.2, 0.25) is 0 Å². The quantitative estimate of drug-likeness (QED) is 0.459. The first-order valence-corrected chi connectivity index (χ1v) is 8.46. The van der Waals surface area contributed by atoms with Crippen molar-refractivity contribution in [3.63, 3.8) is 0 Å². The molecule has 2 aromatic rings. The van der Waals surface area contributed by atoms with E-state index in [1.807, 2.05) is 18.2 Å². The van der Waals surface area contributed by atoms with Crippen molar-refractivity contribution in [2.24, 2.45) is 5.10 Å². The number of anilines is 1. The van der Waals surface area contributed by atoms with Crippen molar-refractivity contribution >= 4 is 49.7 Å². The second-order valence-corrected chi connectivity index (χ2v) is 6.38. The van der Waals surface area contributed by atoms with Crippen LogP contribution in [0.5, 0.6) is 11.5 Å². The van der Waals surface area contributed by atoms with Gasteiger partial charge in [-0.15, -0.1) is 0 Å². The number of carbonyl (C=O) groups excluding carboxylic acids is 1. The van der Waals surface area contributed by atoms with Crippen molar-refractivity contribution < 1.29 is 14.6 Å². The van der Waals surface area contributed by atoms with Gasteiger partial charge in [0.15, 0.2) is 0 Å². The molecule has 6 nitrogen and oxygen atoms in total. The SMILES string of the molecule is COc1ccccc1NCC(=O)N/N=C\c1cc(O)c(Br)cc1Br. The summed E-state index contributed by atoms with van der Waals surface area (Å²) in [6.07, 6.45) is 1.44. The minimum atomic E-state index is -0.311. The van der Waals surface area contributed by atoms with Crippen LogP contribution in [0.2, 0.25) is 0 Å². The lowest BCUT2D eigenvalue weighted by molar-refractivity contribution is -0.119. The fourth-order valence-electron chi connectivity index (χ4n) is 1.83. The smallest absolute Gasteiger partial charge is 0.259 e. The van der Waals surface area contributed by atoms with Crippen LogP contribution in [0.15, 0.2) is 50.4 Å². The number of para-hydroxylation sites is 2. The molecule has 2 rings (SSSR count). The molecule has 0 spiro atoms. The number of benzene rings is 2. The van der Waals surface area contributed by atoms with Crippen LogP contribution in [-0.2, 0) is 4.79 Å². The average molecular weight is 457 g/mol. The Balaban J connectivity index is 1.90. The Morgan fingerprint density at radius 1 is 1.29 bits per heavy atom. The van der Waals surface area contributed by atoms with Crippen LogP contribution in [0.1, 0.15) is 5.56 Å². The van der Waals surface area contributed by atoms with Crippen LogP contribution < -0.4 is 15.5 Å².